The first-order valence-electron chi connectivity index (χ1n) is 6.18. The number of hydrogen-bond acceptors (Lipinski definition) is 4. The highest BCUT2D eigenvalue weighted by atomic mass is 35.5. The summed E-state index contributed by atoms with van der Waals surface area (Å²) in [6.07, 6.45) is 0. The number of benzene rings is 2. The summed E-state index contributed by atoms with van der Waals surface area (Å²) in [7, 11) is 1.53. The Bertz CT molecular complexity index is 744. The predicted molar refractivity (Wildman–Crippen MR) is 81.2 cm³/mol. The zero-order valence-electron chi connectivity index (χ0n) is 11.4. The first-order valence-corrected chi connectivity index (χ1v) is 6.56. The summed E-state index contributed by atoms with van der Waals surface area (Å²) in [4.78, 5) is 0. The number of ether oxygens (including phenoxy) is 1. The lowest BCUT2D eigenvalue weighted by atomic mass is 10.1. The molecule has 2 aromatic rings. The van der Waals surface area contributed by atoms with Gasteiger partial charge in [0.25, 0.3) is 0 Å². The number of rotatable bonds is 4. The number of anilines is 1. The summed E-state index contributed by atoms with van der Waals surface area (Å²) in [5, 5.41) is 21.6. The van der Waals surface area contributed by atoms with Crippen molar-refractivity contribution in [1.29, 1.82) is 10.5 Å². The van der Waals surface area contributed by atoms with Crippen molar-refractivity contribution in [3.05, 3.63) is 58.1 Å². The molecule has 1 N–H and O–H groups in total. The third-order valence-electron chi connectivity index (χ3n) is 2.97. The van der Waals surface area contributed by atoms with E-state index < -0.39 is 0 Å². The van der Waals surface area contributed by atoms with Crippen molar-refractivity contribution >= 4 is 17.3 Å². The number of methoxy groups -OCH3 is 1. The van der Waals surface area contributed by atoms with E-state index in [1.165, 1.54) is 7.11 Å². The zero-order chi connectivity index (χ0) is 15.2. The van der Waals surface area contributed by atoms with Crippen LogP contribution in [-0.2, 0) is 6.54 Å². The van der Waals surface area contributed by atoms with E-state index in [0.29, 0.717) is 28.4 Å². The van der Waals surface area contributed by atoms with Crippen LogP contribution in [-0.4, -0.2) is 7.11 Å². The molecule has 0 unspecified atom stereocenters. The number of hydrogen-bond donors (Lipinski definition) is 1. The van der Waals surface area contributed by atoms with E-state index in [9.17, 15) is 0 Å². The minimum atomic E-state index is 0.425. The van der Waals surface area contributed by atoms with Crippen LogP contribution >= 0.6 is 11.6 Å². The van der Waals surface area contributed by atoms with E-state index in [4.69, 9.17) is 26.9 Å². The van der Waals surface area contributed by atoms with Crippen molar-refractivity contribution in [2.24, 2.45) is 0 Å². The molecule has 4 nitrogen and oxygen atoms in total. The number of nitriles is 2. The second-order valence-corrected chi connectivity index (χ2v) is 4.71. The molecule has 0 aromatic heterocycles. The van der Waals surface area contributed by atoms with Gasteiger partial charge in [-0.15, -0.1) is 0 Å². The van der Waals surface area contributed by atoms with Gasteiger partial charge in [-0.3, -0.25) is 0 Å². The van der Waals surface area contributed by atoms with Crippen molar-refractivity contribution in [2.45, 2.75) is 6.54 Å². The van der Waals surface area contributed by atoms with Gasteiger partial charge in [-0.25, -0.2) is 0 Å². The van der Waals surface area contributed by atoms with E-state index in [0.717, 1.165) is 11.3 Å². The first-order chi connectivity index (χ1) is 10.2. The maximum Gasteiger partial charge on any atom is 0.136 e. The molecule has 0 aliphatic heterocycles. The summed E-state index contributed by atoms with van der Waals surface area (Å²) < 4.78 is 5.10. The molecule has 0 fully saturated rings. The van der Waals surface area contributed by atoms with Gasteiger partial charge in [0, 0.05) is 12.2 Å². The van der Waals surface area contributed by atoms with Crippen LogP contribution in [0.2, 0.25) is 5.02 Å². The minimum Gasteiger partial charge on any atom is -0.495 e. The van der Waals surface area contributed by atoms with Crippen molar-refractivity contribution in [2.75, 3.05) is 12.4 Å². The largest absolute Gasteiger partial charge is 0.495 e. The molecule has 0 saturated carbocycles. The van der Waals surface area contributed by atoms with Crippen LogP contribution in [0.15, 0.2) is 36.4 Å². The third-order valence-corrected chi connectivity index (χ3v) is 3.30. The van der Waals surface area contributed by atoms with Crippen LogP contribution in [0.1, 0.15) is 16.7 Å². The highest BCUT2D eigenvalue weighted by Gasteiger charge is 2.05. The van der Waals surface area contributed by atoms with Gasteiger partial charge in [0.15, 0.2) is 0 Å². The number of halogens is 1. The van der Waals surface area contributed by atoms with Gasteiger partial charge < -0.3 is 10.1 Å². The molecule has 5 heteroatoms. The van der Waals surface area contributed by atoms with Gasteiger partial charge in [0.05, 0.1) is 23.3 Å². The fraction of sp³-hybridized carbons (Fsp3) is 0.125. The standard InChI is InChI=1S/C16H12ClN3O/c1-21-16-5-2-11(6-13(16)9-19)10-20-14-3-4-15(17)12(7-14)8-18/h2-7,20H,10H2,1H3. The molecule has 2 rings (SSSR count). The molecule has 0 amide bonds. The third kappa shape index (κ3) is 3.45. The van der Waals surface area contributed by atoms with Crippen LogP contribution in [0.5, 0.6) is 5.75 Å². The van der Waals surface area contributed by atoms with Gasteiger partial charge >= 0.3 is 0 Å². The maximum absolute atomic E-state index is 9.06. The molecule has 0 spiro atoms. The molecule has 0 aliphatic rings. The lowest BCUT2D eigenvalue weighted by Crippen LogP contribution is -2.00. The quantitative estimate of drug-likeness (QED) is 0.934. The van der Waals surface area contributed by atoms with Crippen LogP contribution in [0.3, 0.4) is 0 Å². The minimum absolute atomic E-state index is 0.425. The predicted octanol–water partition coefficient (Wildman–Crippen LogP) is 3.70. The second kappa shape index (κ2) is 6.65. The Morgan fingerprint density at radius 1 is 1.10 bits per heavy atom. The summed E-state index contributed by atoms with van der Waals surface area (Å²) in [6, 6.07) is 14.7. The molecule has 0 bridgehead atoms. The second-order valence-electron chi connectivity index (χ2n) is 4.31. The molecule has 0 saturated heterocycles. The Morgan fingerprint density at radius 3 is 2.52 bits per heavy atom. The van der Waals surface area contributed by atoms with Crippen molar-refractivity contribution in [3.8, 4) is 17.9 Å². The summed E-state index contributed by atoms with van der Waals surface area (Å²) in [5.74, 6) is 0.555. The van der Waals surface area contributed by atoms with Crippen molar-refractivity contribution < 1.29 is 4.74 Å². The molecule has 2 aromatic carbocycles. The lowest BCUT2D eigenvalue weighted by Gasteiger charge is -2.09. The molecular formula is C16H12ClN3O. The summed E-state index contributed by atoms with van der Waals surface area (Å²) in [5.41, 5.74) is 2.66. The molecule has 0 aliphatic carbocycles. The van der Waals surface area contributed by atoms with Gasteiger partial charge in [0.2, 0.25) is 0 Å². The molecule has 0 radical (unpaired) electrons. The van der Waals surface area contributed by atoms with Gasteiger partial charge in [-0.2, -0.15) is 10.5 Å². The topological polar surface area (TPSA) is 68.8 Å². The van der Waals surface area contributed by atoms with Crippen LogP contribution in [0, 0.1) is 22.7 Å². The normalized spacial score (nSPS) is 9.52. The highest BCUT2D eigenvalue weighted by molar-refractivity contribution is 6.31. The monoisotopic (exact) mass is 297 g/mol. The van der Waals surface area contributed by atoms with E-state index in [2.05, 4.69) is 11.4 Å². The van der Waals surface area contributed by atoms with E-state index >= 15 is 0 Å². The molecule has 0 heterocycles. The van der Waals surface area contributed by atoms with Crippen LogP contribution < -0.4 is 10.1 Å². The molecule has 21 heavy (non-hydrogen) atoms. The Kier molecular flexibility index (Phi) is 4.66. The SMILES string of the molecule is COc1ccc(CNc2ccc(Cl)c(C#N)c2)cc1C#N. The van der Waals surface area contributed by atoms with E-state index in [-0.39, 0.29) is 0 Å². The van der Waals surface area contributed by atoms with Crippen LogP contribution in [0.4, 0.5) is 5.69 Å². The highest BCUT2D eigenvalue weighted by Crippen LogP contribution is 2.22. The number of nitrogens with one attached hydrogen (secondary N) is 1. The fourth-order valence-electron chi connectivity index (χ4n) is 1.88. The van der Waals surface area contributed by atoms with Crippen LogP contribution in [0.25, 0.3) is 0 Å². The van der Waals surface area contributed by atoms with E-state index in [1.54, 1.807) is 30.3 Å². The fourth-order valence-corrected chi connectivity index (χ4v) is 2.04. The number of nitrogens with zero attached hydrogens (tertiary/aromatic N) is 2. The molecule has 0 atom stereocenters. The van der Waals surface area contributed by atoms with Gasteiger partial charge in [-0.05, 0) is 35.9 Å². The van der Waals surface area contributed by atoms with Gasteiger partial charge in [0.1, 0.15) is 17.9 Å². The Hall–Kier alpha value is -2.69. The Balaban J connectivity index is 2.14. The first kappa shape index (κ1) is 14.7. The summed E-state index contributed by atoms with van der Waals surface area (Å²) in [6.45, 7) is 0.533. The Labute approximate surface area is 128 Å². The Morgan fingerprint density at radius 2 is 1.86 bits per heavy atom. The van der Waals surface area contributed by atoms with E-state index in [1.807, 2.05) is 12.1 Å². The molecular weight excluding hydrogens is 286 g/mol. The zero-order valence-corrected chi connectivity index (χ0v) is 12.1. The average Bonchev–Trinajstić information content (AvgIpc) is 2.53. The molecule has 104 valence electrons. The van der Waals surface area contributed by atoms with Crippen molar-refractivity contribution in [3.63, 3.8) is 0 Å². The maximum atomic E-state index is 9.06. The smallest absolute Gasteiger partial charge is 0.136 e. The average molecular weight is 298 g/mol. The van der Waals surface area contributed by atoms with Crippen molar-refractivity contribution in [1.82, 2.24) is 0 Å². The summed E-state index contributed by atoms with van der Waals surface area (Å²) >= 11 is 5.89. The van der Waals surface area contributed by atoms with Gasteiger partial charge in [-0.1, -0.05) is 17.7 Å². The lowest BCUT2D eigenvalue weighted by molar-refractivity contribution is 0.413.